The van der Waals surface area contributed by atoms with Gasteiger partial charge in [-0.2, -0.15) is 5.10 Å². The van der Waals surface area contributed by atoms with Crippen LogP contribution in [0.3, 0.4) is 0 Å². The molecule has 0 aliphatic carbocycles. The van der Waals surface area contributed by atoms with E-state index in [4.69, 9.17) is 11.6 Å². The molecule has 23 heavy (non-hydrogen) atoms. The highest BCUT2D eigenvalue weighted by atomic mass is 35.5. The van der Waals surface area contributed by atoms with Crippen LogP contribution in [0.15, 0.2) is 53.3 Å². The van der Waals surface area contributed by atoms with Gasteiger partial charge in [0, 0.05) is 16.8 Å². The average Bonchev–Trinajstić information content (AvgIpc) is 2.87. The first kappa shape index (κ1) is 14.0. The van der Waals surface area contributed by atoms with Crippen molar-refractivity contribution in [1.29, 1.82) is 0 Å². The molecule has 0 saturated heterocycles. The van der Waals surface area contributed by atoms with Crippen molar-refractivity contribution < 1.29 is 0 Å². The van der Waals surface area contributed by atoms with E-state index in [0.29, 0.717) is 17.0 Å². The number of hydrogen-bond acceptors (Lipinski definition) is 2. The van der Waals surface area contributed by atoms with Gasteiger partial charge in [-0.15, -0.1) is 0 Å². The number of fused-ring (bicyclic) bond motifs is 3. The SMILES string of the molecule is Cc1n[nH]c(=O)c2c(Cc3ccccc3)c3cc(Cl)ccc3n12. The van der Waals surface area contributed by atoms with Gasteiger partial charge in [-0.05, 0) is 36.2 Å². The highest BCUT2D eigenvalue weighted by Crippen LogP contribution is 2.29. The van der Waals surface area contributed by atoms with E-state index >= 15 is 0 Å². The Morgan fingerprint density at radius 2 is 1.96 bits per heavy atom. The third-order valence-corrected chi connectivity index (χ3v) is 4.35. The molecule has 0 fully saturated rings. The van der Waals surface area contributed by atoms with Crippen LogP contribution in [0.5, 0.6) is 0 Å². The second kappa shape index (κ2) is 5.25. The predicted octanol–water partition coefficient (Wildman–Crippen LogP) is 3.73. The normalized spacial score (nSPS) is 11.4. The molecule has 0 unspecified atom stereocenters. The van der Waals surface area contributed by atoms with Crippen molar-refractivity contribution in [2.45, 2.75) is 13.3 Å². The molecule has 4 rings (SSSR count). The number of nitrogens with one attached hydrogen (secondary N) is 1. The third-order valence-electron chi connectivity index (χ3n) is 4.12. The van der Waals surface area contributed by atoms with Crippen molar-refractivity contribution >= 4 is 28.0 Å². The van der Waals surface area contributed by atoms with Crippen LogP contribution in [0.4, 0.5) is 0 Å². The minimum Gasteiger partial charge on any atom is -0.291 e. The van der Waals surface area contributed by atoms with Crippen molar-refractivity contribution in [3.8, 4) is 0 Å². The number of aromatic amines is 1. The topological polar surface area (TPSA) is 50.2 Å². The lowest BCUT2D eigenvalue weighted by atomic mass is 10.0. The van der Waals surface area contributed by atoms with Gasteiger partial charge in [0.1, 0.15) is 11.3 Å². The fourth-order valence-corrected chi connectivity index (χ4v) is 3.29. The maximum Gasteiger partial charge on any atom is 0.288 e. The number of aromatic nitrogens is 3. The molecular weight excluding hydrogens is 310 g/mol. The van der Waals surface area contributed by atoms with E-state index in [0.717, 1.165) is 27.9 Å². The van der Waals surface area contributed by atoms with Gasteiger partial charge in [0.2, 0.25) is 0 Å². The molecule has 0 bridgehead atoms. The van der Waals surface area contributed by atoms with E-state index in [1.54, 1.807) is 0 Å². The zero-order valence-electron chi connectivity index (χ0n) is 12.5. The minimum absolute atomic E-state index is 0.186. The van der Waals surface area contributed by atoms with E-state index < -0.39 is 0 Å². The molecule has 0 aliphatic heterocycles. The van der Waals surface area contributed by atoms with Crippen LogP contribution >= 0.6 is 11.6 Å². The Morgan fingerprint density at radius 1 is 1.17 bits per heavy atom. The Bertz CT molecular complexity index is 1080. The molecular formula is C18H14ClN3O. The lowest BCUT2D eigenvalue weighted by Gasteiger charge is -2.02. The first-order chi connectivity index (χ1) is 11.1. The Morgan fingerprint density at radius 3 is 2.74 bits per heavy atom. The summed E-state index contributed by atoms with van der Waals surface area (Å²) in [5, 5.41) is 8.32. The summed E-state index contributed by atoms with van der Waals surface area (Å²) in [6.45, 7) is 1.88. The van der Waals surface area contributed by atoms with Crippen molar-refractivity contribution in [2.75, 3.05) is 0 Å². The van der Waals surface area contributed by atoms with Gasteiger partial charge >= 0.3 is 0 Å². The molecule has 0 atom stereocenters. The van der Waals surface area contributed by atoms with Crippen molar-refractivity contribution in [1.82, 2.24) is 14.6 Å². The van der Waals surface area contributed by atoms with Gasteiger partial charge in [-0.1, -0.05) is 41.9 Å². The largest absolute Gasteiger partial charge is 0.291 e. The first-order valence-electron chi connectivity index (χ1n) is 7.37. The van der Waals surface area contributed by atoms with Gasteiger partial charge in [0.05, 0.1) is 5.52 Å². The van der Waals surface area contributed by atoms with Crippen LogP contribution in [-0.4, -0.2) is 14.6 Å². The molecule has 0 aliphatic rings. The van der Waals surface area contributed by atoms with Crippen molar-refractivity contribution in [3.63, 3.8) is 0 Å². The summed E-state index contributed by atoms with van der Waals surface area (Å²) in [5.41, 5.74) is 3.52. The Balaban J connectivity index is 2.13. The lowest BCUT2D eigenvalue weighted by Crippen LogP contribution is -2.15. The number of aryl methyl sites for hydroxylation is 1. The molecule has 5 heteroatoms. The van der Waals surface area contributed by atoms with Crippen LogP contribution < -0.4 is 5.56 Å². The maximum absolute atomic E-state index is 12.4. The van der Waals surface area contributed by atoms with Crippen LogP contribution in [0, 0.1) is 6.92 Å². The summed E-state index contributed by atoms with van der Waals surface area (Å²) >= 11 is 6.19. The van der Waals surface area contributed by atoms with E-state index in [2.05, 4.69) is 22.3 Å². The highest BCUT2D eigenvalue weighted by Gasteiger charge is 2.17. The molecule has 4 aromatic rings. The number of nitrogens with zero attached hydrogens (tertiary/aromatic N) is 2. The second-order valence-corrected chi connectivity index (χ2v) is 6.02. The molecule has 0 amide bonds. The van der Waals surface area contributed by atoms with Gasteiger partial charge in [0.25, 0.3) is 5.56 Å². The van der Waals surface area contributed by atoms with E-state index in [9.17, 15) is 4.79 Å². The Labute approximate surface area is 137 Å². The first-order valence-corrected chi connectivity index (χ1v) is 7.74. The van der Waals surface area contributed by atoms with E-state index in [1.165, 1.54) is 0 Å². The zero-order valence-corrected chi connectivity index (χ0v) is 13.3. The van der Waals surface area contributed by atoms with Crippen molar-refractivity contribution in [2.24, 2.45) is 0 Å². The lowest BCUT2D eigenvalue weighted by molar-refractivity contribution is 0.870. The van der Waals surface area contributed by atoms with Gasteiger partial charge in [-0.25, -0.2) is 5.10 Å². The molecule has 2 heterocycles. The van der Waals surface area contributed by atoms with Crippen molar-refractivity contribution in [3.05, 3.63) is 80.9 Å². The number of H-pyrrole nitrogens is 1. The summed E-state index contributed by atoms with van der Waals surface area (Å²) < 4.78 is 1.91. The fraction of sp³-hybridized carbons (Fsp3) is 0.111. The molecule has 1 N–H and O–H groups in total. The van der Waals surface area contributed by atoms with E-state index in [-0.39, 0.29) is 5.56 Å². The van der Waals surface area contributed by atoms with Crippen LogP contribution in [0.2, 0.25) is 5.02 Å². The smallest absolute Gasteiger partial charge is 0.288 e. The molecule has 4 nitrogen and oxygen atoms in total. The Kier molecular flexibility index (Phi) is 3.20. The van der Waals surface area contributed by atoms with Crippen LogP contribution in [-0.2, 0) is 6.42 Å². The van der Waals surface area contributed by atoms with E-state index in [1.807, 2.05) is 47.7 Å². The Hall–Kier alpha value is -2.59. The highest BCUT2D eigenvalue weighted by molar-refractivity contribution is 6.31. The zero-order chi connectivity index (χ0) is 16.0. The summed E-state index contributed by atoms with van der Waals surface area (Å²) in [6, 6.07) is 15.8. The third kappa shape index (κ3) is 2.23. The van der Waals surface area contributed by atoms with Gasteiger partial charge in [0.15, 0.2) is 0 Å². The summed E-state index contributed by atoms with van der Waals surface area (Å²) in [7, 11) is 0. The molecule has 2 aromatic carbocycles. The minimum atomic E-state index is -0.186. The van der Waals surface area contributed by atoms with Gasteiger partial charge in [-0.3, -0.25) is 9.20 Å². The molecule has 114 valence electrons. The van der Waals surface area contributed by atoms with Crippen LogP contribution in [0.25, 0.3) is 16.4 Å². The fourth-order valence-electron chi connectivity index (χ4n) is 3.12. The summed E-state index contributed by atoms with van der Waals surface area (Å²) in [4.78, 5) is 12.4. The average molecular weight is 324 g/mol. The number of hydrogen-bond donors (Lipinski definition) is 1. The number of benzene rings is 2. The quantitative estimate of drug-likeness (QED) is 0.611. The monoisotopic (exact) mass is 323 g/mol. The van der Waals surface area contributed by atoms with Crippen LogP contribution in [0.1, 0.15) is 17.0 Å². The standard InChI is InChI=1S/C18H14ClN3O/c1-11-20-21-18(23)17-15(9-12-5-3-2-4-6-12)14-10-13(19)7-8-16(14)22(11)17/h2-8,10H,9H2,1H3,(H,21,23). The van der Waals surface area contributed by atoms with Gasteiger partial charge < -0.3 is 0 Å². The number of halogens is 1. The predicted molar refractivity (Wildman–Crippen MR) is 92.3 cm³/mol. The summed E-state index contributed by atoms with van der Waals surface area (Å²) in [5.74, 6) is 0.742. The molecule has 0 saturated carbocycles. The molecule has 0 radical (unpaired) electrons. The number of rotatable bonds is 2. The molecule has 2 aromatic heterocycles. The molecule has 0 spiro atoms. The summed E-state index contributed by atoms with van der Waals surface area (Å²) in [6.07, 6.45) is 0.667. The maximum atomic E-state index is 12.4. The second-order valence-electron chi connectivity index (χ2n) is 5.59.